The first kappa shape index (κ1) is 14.6. The van der Waals surface area contributed by atoms with Crippen LogP contribution < -0.4 is 10.1 Å². The number of hydrogen-bond acceptors (Lipinski definition) is 3. The van der Waals surface area contributed by atoms with Gasteiger partial charge in [-0.1, -0.05) is 15.9 Å². The van der Waals surface area contributed by atoms with Crippen molar-refractivity contribution < 1.29 is 9.53 Å². The molecule has 0 radical (unpaired) electrons. The van der Waals surface area contributed by atoms with E-state index in [1.54, 1.807) is 19.2 Å². The highest BCUT2D eigenvalue weighted by Crippen LogP contribution is 2.30. The van der Waals surface area contributed by atoms with Crippen molar-refractivity contribution in [3.05, 3.63) is 49.6 Å². The molecule has 0 spiro atoms. The summed E-state index contributed by atoms with van der Waals surface area (Å²) in [5.74, 6) is 0.475. The van der Waals surface area contributed by atoms with Gasteiger partial charge in [-0.3, -0.25) is 4.79 Å². The molecule has 5 heteroatoms. The summed E-state index contributed by atoms with van der Waals surface area (Å²) >= 11 is 5.20. The fourth-order valence-electron chi connectivity index (χ4n) is 2.59. The largest absolute Gasteiger partial charge is 0.496 e. The topological polar surface area (TPSA) is 38.3 Å². The number of amides is 1. The third kappa shape index (κ3) is 3.14. The Labute approximate surface area is 136 Å². The van der Waals surface area contributed by atoms with Crippen LogP contribution in [0.2, 0.25) is 0 Å². The van der Waals surface area contributed by atoms with Gasteiger partial charge in [0.15, 0.2) is 0 Å². The number of benzene rings is 1. The summed E-state index contributed by atoms with van der Waals surface area (Å²) in [6.07, 6.45) is 3.64. The van der Waals surface area contributed by atoms with Gasteiger partial charge < -0.3 is 10.1 Å². The number of nitrogens with one attached hydrogen (secondary N) is 1. The van der Waals surface area contributed by atoms with Gasteiger partial charge in [0.2, 0.25) is 0 Å². The molecular formula is C16H16BrNO2S. The highest BCUT2D eigenvalue weighted by molar-refractivity contribution is 9.10. The zero-order chi connectivity index (χ0) is 14.8. The van der Waals surface area contributed by atoms with E-state index >= 15 is 0 Å². The molecule has 1 amide bonds. The summed E-state index contributed by atoms with van der Waals surface area (Å²) in [7, 11) is 1.57. The molecule has 1 heterocycles. The molecule has 1 N–H and O–H groups in total. The van der Waals surface area contributed by atoms with E-state index in [0.717, 1.165) is 4.47 Å². The molecule has 0 unspecified atom stereocenters. The quantitative estimate of drug-likeness (QED) is 0.890. The average molecular weight is 366 g/mol. The monoisotopic (exact) mass is 365 g/mol. The summed E-state index contributed by atoms with van der Waals surface area (Å²) < 4.78 is 6.15. The van der Waals surface area contributed by atoms with Crippen molar-refractivity contribution in [2.24, 2.45) is 0 Å². The van der Waals surface area contributed by atoms with Gasteiger partial charge in [0.1, 0.15) is 5.75 Å². The van der Waals surface area contributed by atoms with Gasteiger partial charge in [-0.05, 0) is 49.1 Å². The third-order valence-corrected chi connectivity index (χ3v) is 5.36. The zero-order valence-electron chi connectivity index (χ0n) is 11.7. The first-order chi connectivity index (χ1) is 10.2. The standard InChI is InChI=1S/C16H16BrNO2S/c1-20-14-8-11(17)5-6-13(14)16(19)18-9-12-7-10-3-2-4-15(10)21-12/h5-8H,2-4,9H2,1H3,(H,18,19). The molecule has 1 aliphatic carbocycles. The van der Waals surface area contributed by atoms with Crippen LogP contribution in [0.25, 0.3) is 0 Å². The predicted octanol–water partition coefficient (Wildman–Crippen LogP) is 3.94. The van der Waals surface area contributed by atoms with Crippen LogP contribution >= 0.6 is 27.3 Å². The highest BCUT2D eigenvalue weighted by Gasteiger charge is 2.16. The zero-order valence-corrected chi connectivity index (χ0v) is 14.1. The first-order valence-corrected chi connectivity index (χ1v) is 8.50. The van der Waals surface area contributed by atoms with Crippen molar-refractivity contribution in [2.45, 2.75) is 25.8 Å². The molecule has 1 aliphatic rings. The Morgan fingerprint density at radius 1 is 1.38 bits per heavy atom. The number of aryl methyl sites for hydroxylation is 2. The molecule has 3 rings (SSSR count). The molecule has 110 valence electrons. The summed E-state index contributed by atoms with van der Waals surface area (Å²) in [6.45, 7) is 0.579. The van der Waals surface area contributed by atoms with Gasteiger partial charge in [-0.2, -0.15) is 0 Å². The fourth-order valence-corrected chi connectivity index (χ4v) is 4.13. The highest BCUT2D eigenvalue weighted by atomic mass is 79.9. The lowest BCUT2D eigenvalue weighted by Gasteiger charge is -2.09. The number of carbonyl (C=O) groups excluding carboxylic acids is 1. The normalized spacial score (nSPS) is 13.0. The van der Waals surface area contributed by atoms with Gasteiger partial charge in [0.05, 0.1) is 19.2 Å². The van der Waals surface area contributed by atoms with E-state index in [2.05, 4.69) is 27.3 Å². The molecule has 2 aromatic rings. The van der Waals surface area contributed by atoms with Crippen molar-refractivity contribution in [1.29, 1.82) is 0 Å². The number of carbonyl (C=O) groups is 1. The number of methoxy groups -OCH3 is 1. The molecule has 0 bridgehead atoms. The van der Waals surface area contributed by atoms with E-state index < -0.39 is 0 Å². The summed E-state index contributed by atoms with van der Waals surface area (Å²) in [5, 5.41) is 2.97. The number of ether oxygens (including phenoxy) is 1. The number of halogens is 1. The molecule has 0 fully saturated rings. The van der Waals surface area contributed by atoms with Crippen LogP contribution in [0.4, 0.5) is 0 Å². The minimum Gasteiger partial charge on any atom is -0.496 e. The van der Waals surface area contributed by atoms with Crippen molar-refractivity contribution in [1.82, 2.24) is 5.32 Å². The van der Waals surface area contributed by atoms with E-state index in [1.165, 1.54) is 34.6 Å². The van der Waals surface area contributed by atoms with Crippen LogP contribution in [0, 0.1) is 0 Å². The van der Waals surface area contributed by atoms with E-state index in [-0.39, 0.29) is 5.91 Å². The minimum atomic E-state index is -0.104. The Morgan fingerprint density at radius 2 is 2.24 bits per heavy atom. The summed E-state index contributed by atoms with van der Waals surface area (Å²) in [6, 6.07) is 7.64. The van der Waals surface area contributed by atoms with Crippen LogP contribution in [-0.2, 0) is 19.4 Å². The second-order valence-electron chi connectivity index (χ2n) is 5.04. The lowest BCUT2D eigenvalue weighted by atomic mass is 10.2. The number of rotatable bonds is 4. The van der Waals surface area contributed by atoms with Crippen LogP contribution in [0.1, 0.15) is 32.1 Å². The lowest BCUT2D eigenvalue weighted by Crippen LogP contribution is -2.22. The molecule has 0 saturated carbocycles. The van der Waals surface area contributed by atoms with Crippen molar-refractivity contribution in [3.63, 3.8) is 0 Å². The Hall–Kier alpha value is -1.33. The Bertz CT molecular complexity index is 659. The minimum absolute atomic E-state index is 0.104. The smallest absolute Gasteiger partial charge is 0.255 e. The van der Waals surface area contributed by atoms with Gasteiger partial charge in [-0.25, -0.2) is 0 Å². The van der Waals surface area contributed by atoms with Gasteiger partial charge in [0.25, 0.3) is 5.91 Å². The average Bonchev–Trinajstić information content (AvgIpc) is 3.05. The van der Waals surface area contributed by atoms with E-state index in [0.29, 0.717) is 17.9 Å². The van der Waals surface area contributed by atoms with E-state index in [4.69, 9.17) is 4.74 Å². The number of hydrogen-bond donors (Lipinski definition) is 1. The van der Waals surface area contributed by atoms with Crippen LogP contribution in [-0.4, -0.2) is 13.0 Å². The fraction of sp³-hybridized carbons (Fsp3) is 0.312. The van der Waals surface area contributed by atoms with Gasteiger partial charge in [-0.15, -0.1) is 11.3 Å². The van der Waals surface area contributed by atoms with Crippen molar-refractivity contribution in [2.75, 3.05) is 7.11 Å². The van der Waals surface area contributed by atoms with Gasteiger partial charge >= 0.3 is 0 Å². The Morgan fingerprint density at radius 3 is 3.00 bits per heavy atom. The third-order valence-electron chi connectivity index (χ3n) is 3.63. The number of thiophene rings is 1. The maximum Gasteiger partial charge on any atom is 0.255 e. The lowest BCUT2D eigenvalue weighted by molar-refractivity contribution is 0.0948. The van der Waals surface area contributed by atoms with E-state index in [1.807, 2.05) is 17.4 Å². The summed E-state index contributed by atoms with van der Waals surface area (Å²) in [5.41, 5.74) is 2.02. The van der Waals surface area contributed by atoms with Gasteiger partial charge in [0, 0.05) is 14.2 Å². The van der Waals surface area contributed by atoms with Crippen molar-refractivity contribution in [3.8, 4) is 5.75 Å². The maximum atomic E-state index is 12.3. The maximum absolute atomic E-state index is 12.3. The first-order valence-electron chi connectivity index (χ1n) is 6.89. The molecule has 0 aliphatic heterocycles. The van der Waals surface area contributed by atoms with Crippen LogP contribution in [0.5, 0.6) is 5.75 Å². The Kier molecular flexibility index (Phi) is 4.31. The SMILES string of the molecule is COc1cc(Br)ccc1C(=O)NCc1cc2c(s1)CCC2. The van der Waals surface area contributed by atoms with Crippen molar-refractivity contribution >= 4 is 33.2 Å². The Balaban J connectivity index is 1.68. The molecule has 0 saturated heterocycles. The molecule has 0 atom stereocenters. The molecule has 21 heavy (non-hydrogen) atoms. The second-order valence-corrected chi connectivity index (χ2v) is 7.18. The number of fused-ring (bicyclic) bond motifs is 1. The molecule has 3 nitrogen and oxygen atoms in total. The second kappa shape index (κ2) is 6.20. The van der Waals surface area contributed by atoms with Crippen LogP contribution in [0.3, 0.4) is 0 Å². The predicted molar refractivity (Wildman–Crippen MR) is 88.2 cm³/mol. The van der Waals surface area contributed by atoms with E-state index in [9.17, 15) is 4.79 Å². The summed E-state index contributed by atoms with van der Waals surface area (Å²) in [4.78, 5) is 15.0. The van der Waals surface area contributed by atoms with Crippen LogP contribution in [0.15, 0.2) is 28.7 Å². The molecule has 1 aromatic heterocycles. The molecule has 1 aromatic carbocycles. The molecular weight excluding hydrogens is 350 g/mol.